The molecule has 0 fully saturated rings. The van der Waals surface area contributed by atoms with Crippen molar-refractivity contribution >= 4 is 11.6 Å². The average Bonchev–Trinajstić information content (AvgIpc) is 2.48. The van der Waals surface area contributed by atoms with E-state index in [9.17, 15) is 4.79 Å². The molecule has 0 spiro atoms. The van der Waals surface area contributed by atoms with Crippen LogP contribution in [0.15, 0.2) is 54.6 Å². The quantitative estimate of drug-likeness (QED) is 0.855. The summed E-state index contributed by atoms with van der Waals surface area (Å²) in [6.07, 6.45) is 1.47. The minimum atomic E-state index is 0.0342. The molecule has 0 aromatic heterocycles. The van der Waals surface area contributed by atoms with Gasteiger partial charge in [-0.05, 0) is 29.5 Å². The largest absolute Gasteiger partial charge is 0.326 e. The average molecular weight is 267 g/mol. The summed E-state index contributed by atoms with van der Waals surface area (Å²) in [4.78, 5) is 12.1. The third-order valence-corrected chi connectivity index (χ3v) is 3.59. The van der Waals surface area contributed by atoms with E-state index in [1.54, 1.807) is 0 Å². The minimum Gasteiger partial charge on any atom is -0.326 e. The van der Waals surface area contributed by atoms with Crippen molar-refractivity contribution in [2.45, 2.75) is 32.6 Å². The van der Waals surface area contributed by atoms with Crippen LogP contribution in [0.5, 0.6) is 0 Å². The molecule has 0 saturated carbocycles. The van der Waals surface area contributed by atoms with Gasteiger partial charge in [0.2, 0.25) is 5.91 Å². The molecule has 2 heteroatoms. The highest BCUT2D eigenvalue weighted by Crippen LogP contribution is 2.26. The summed E-state index contributed by atoms with van der Waals surface area (Å²) < 4.78 is 0. The smallest absolute Gasteiger partial charge is 0.228 e. The molecule has 0 saturated heterocycles. The number of nitrogens with one attached hydrogen (secondary N) is 1. The van der Waals surface area contributed by atoms with Crippen molar-refractivity contribution in [1.29, 1.82) is 0 Å². The second kappa shape index (κ2) is 6.90. The Bertz CT molecular complexity index is 563. The van der Waals surface area contributed by atoms with Crippen LogP contribution in [0, 0.1) is 0 Å². The molecule has 0 unspecified atom stereocenters. The first-order chi connectivity index (χ1) is 9.70. The highest BCUT2D eigenvalue weighted by Gasteiger charge is 2.11. The third-order valence-electron chi connectivity index (χ3n) is 3.59. The molecular weight excluding hydrogens is 246 g/mol. The van der Waals surface area contributed by atoms with E-state index in [4.69, 9.17) is 0 Å². The van der Waals surface area contributed by atoms with Crippen molar-refractivity contribution in [1.82, 2.24) is 0 Å². The molecule has 2 nitrogen and oxygen atoms in total. The van der Waals surface area contributed by atoms with E-state index in [0.717, 1.165) is 17.7 Å². The zero-order valence-electron chi connectivity index (χ0n) is 12.1. The van der Waals surface area contributed by atoms with Gasteiger partial charge in [0.25, 0.3) is 0 Å². The zero-order chi connectivity index (χ0) is 14.4. The molecule has 0 radical (unpaired) electrons. The summed E-state index contributed by atoms with van der Waals surface area (Å²) in [5, 5.41) is 3.04. The van der Waals surface area contributed by atoms with Crippen molar-refractivity contribution < 1.29 is 4.79 Å². The van der Waals surface area contributed by atoms with Gasteiger partial charge in [-0.1, -0.05) is 62.4 Å². The summed E-state index contributed by atoms with van der Waals surface area (Å²) in [7, 11) is 0. The standard InChI is InChI=1S/C18H21NO/c1-3-14(2)16-11-7-8-12-17(16)19-18(20)13-15-9-5-4-6-10-15/h4-12,14H,3,13H2,1-2H3,(H,19,20)/t14-/m0/s1. The fraction of sp³-hybridized carbons (Fsp3) is 0.278. The van der Waals surface area contributed by atoms with Crippen LogP contribution in [-0.2, 0) is 11.2 Å². The van der Waals surface area contributed by atoms with E-state index in [1.165, 1.54) is 5.56 Å². The van der Waals surface area contributed by atoms with Crippen LogP contribution >= 0.6 is 0 Å². The number of amides is 1. The summed E-state index contributed by atoms with van der Waals surface area (Å²) in [5.74, 6) is 0.482. The van der Waals surface area contributed by atoms with Gasteiger partial charge in [-0.25, -0.2) is 0 Å². The second-order valence-electron chi connectivity index (χ2n) is 5.11. The number of para-hydroxylation sites is 1. The van der Waals surface area contributed by atoms with Crippen molar-refractivity contribution in [2.24, 2.45) is 0 Å². The molecule has 0 aliphatic heterocycles. The Balaban J connectivity index is 2.08. The maximum absolute atomic E-state index is 12.1. The zero-order valence-corrected chi connectivity index (χ0v) is 12.1. The Kier molecular flexibility index (Phi) is 4.94. The van der Waals surface area contributed by atoms with E-state index < -0.39 is 0 Å². The molecule has 2 aromatic rings. The second-order valence-corrected chi connectivity index (χ2v) is 5.11. The van der Waals surface area contributed by atoms with Crippen LogP contribution in [-0.4, -0.2) is 5.91 Å². The predicted molar refractivity (Wildman–Crippen MR) is 83.9 cm³/mol. The number of carbonyl (C=O) groups is 1. The third kappa shape index (κ3) is 3.70. The molecule has 0 aliphatic rings. The lowest BCUT2D eigenvalue weighted by Crippen LogP contribution is -2.16. The Morgan fingerprint density at radius 3 is 2.40 bits per heavy atom. The normalized spacial score (nSPS) is 11.9. The van der Waals surface area contributed by atoms with Crippen LogP contribution < -0.4 is 5.32 Å². The molecule has 2 rings (SSSR count). The number of carbonyl (C=O) groups excluding carboxylic acids is 1. The van der Waals surface area contributed by atoms with Crippen LogP contribution in [0.2, 0.25) is 0 Å². The first-order valence-electron chi connectivity index (χ1n) is 7.13. The highest BCUT2D eigenvalue weighted by atomic mass is 16.1. The van der Waals surface area contributed by atoms with Crippen LogP contribution in [0.4, 0.5) is 5.69 Å². The fourth-order valence-corrected chi connectivity index (χ4v) is 2.24. The molecule has 1 atom stereocenters. The van der Waals surface area contributed by atoms with Gasteiger partial charge in [0.05, 0.1) is 6.42 Å². The molecule has 0 aliphatic carbocycles. The summed E-state index contributed by atoms with van der Waals surface area (Å²) in [6, 6.07) is 17.9. The molecule has 104 valence electrons. The van der Waals surface area contributed by atoms with Crippen molar-refractivity contribution in [3.63, 3.8) is 0 Å². The number of benzene rings is 2. The van der Waals surface area contributed by atoms with Crippen molar-refractivity contribution in [3.05, 3.63) is 65.7 Å². The fourth-order valence-electron chi connectivity index (χ4n) is 2.24. The first kappa shape index (κ1) is 14.3. The van der Waals surface area contributed by atoms with E-state index in [-0.39, 0.29) is 5.91 Å². The molecule has 0 bridgehead atoms. The topological polar surface area (TPSA) is 29.1 Å². The first-order valence-corrected chi connectivity index (χ1v) is 7.13. The lowest BCUT2D eigenvalue weighted by molar-refractivity contribution is -0.115. The predicted octanol–water partition coefficient (Wildman–Crippen LogP) is 4.38. The summed E-state index contributed by atoms with van der Waals surface area (Å²) >= 11 is 0. The van der Waals surface area contributed by atoms with Gasteiger partial charge in [0, 0.05) is 5.69 Å². The van der Waals surface area contributed by atoms with Crippen LogP contribution in [0.3, 0.4) is 0 Å². The van der Waals surface area contributed by atoms with Gasteiger partial charge in [0.15, 0.2) is 0 Å². The van der Waals surface area contributed by atoms with E-state index in [2.05, 4.69) is 25.2 Å². The molecule has 0 heterocycles. The SMILES string of the molecule is CC[C@H](C)c1ccccc1NC(=O)Cc1ccccc1. The number of hydrogen-bond donors (Lipinski definition) is 1. The minimum absolute atomic E-state index is 0.0342. The Labute approximate surface area is 120 Å². The highest BCUT2D eigenvalue weighted by molar-refractivity contribution is 5.93. The van der Waals surface area contributed by atoms with Gasteiger partial charge in [-0.3, -0.25) is 4.79 Å². The summed E-state index contributed by atoms with van der Waals surface area (Å²) in [6.45, 7) is 4.34. The van der Waals surface area contributed by atoms with Crippen LogP contribution in [0.1, 0.15) is 37.3 Å². The maximum atomic E-state index is 12.1. The Morgan fingerprint density at radius 1 is 1.05 bits per heavy atom. The molecule has 1 N–H and O–H groups in total. The molecular formula is C18H21NO. The monoisotopic (exact) mass is 267 g/mol. The van der Waals surface area contributed by atoms with Gasteiger partial charge >= 0.3 is 0 Å². The summed E-state index contributed by atoms with van der Waals surface area (Å²) in [5.41, 5.74) is 3.17. The van der Waals surface area contributed by atoms with E-state index >= 15 is 0 Å². The van der Waals surface area contributed by atoms with Crippen molar-refractivity contribution in [2.75, 3.05) is 5.32 Å². The maximum Gasteiger partial charge on any atom is 0.228 e. The van der Waals surface area contributed by atoms with Gasteiger partial charge in [-0.15, -0.1) is 0 Å². The number of anilines is 1. The van der Waals surface area contributed by atoms with Crippen LogP contribution in [0.25, 0.3) is 0 Å². The number of rotatable bonds is 5. The Morgan fingerprint density at radius 2 is 1.70 bits per heavy atom. The lowest BCUT2D eigenvalue weighted by atomic mass is 9.97. The Hall–Kier alpha value is -2.09. The molecule has 20 heavy (non-hydrogen) atoms. The van der Waals surface area contributed by atoms with E-state index in [1.807, 2.05) is 48.5 Å². The van der Waals surface area contributed by atoms with E-state index in [0.29, 0.717) is 12.3 Å². The lowest BCUT2D eigenvalue weighted by Gasteiger charge is -2.15. The molecule has 1 amide bonds. The van der Waals surface area contributed by atoms with Crippen molar-refractivity contribution in [3.8, 4) is 0 Å². The molecule has 2 aromatic carbocycles. The van der Waals surface area contributed by atoms with Gasteiger partial charge in [0.1, 0.15) is 0 Å². The number of hydrogen-bond acceptors (Lipinski definition) is 1. The van der Waals surface area contributed by atoms with Gasteiger partial charge in [-0.2, -0.15) is 0 Å². The van der Waals surface area contributed by atoms with Gasteiger partial charge < -0.3 is 5.32 Å².